The number of aromatic nitrogens is 1. The molecule has 106 valence electrons. The summed E-state index contributed by atoms with van der Waals surface area (Å²) in [5.41, 5.74) is 3.60. The molecule has 3 N–H and O–H groups in total. The molecular formula is C12H13ClN4O2S. The first-order valence-electron chi connectivity index (χ1n) is 5.71. The highest BCUT2D eigenvalue weighted by Crippen LogP contribution is 2.22. The van der Waals surface area contributed by atoms with Crippen LogP contribution in [0, 0.1) is 0 Å². The minimum absolute atomic E-state index is 0.321. The number of halogens is 1. The summed E-state index contributed by atoms with van der Waals surface area (Å²) in [6.07, 6.45) is 1.57. The zero-order valence-corrected chi connectivity index (χ0v) is 12.2. The van der Waals surface area contributed by atoms with E-state index < -0.39 is 0 Å². The minimum Gasteiger partial charge on any atom is -0.334 e. The van der Waals surface area contributed by atoms with Crippen molar-refractivity contribution in [2.45, 2.75) is 6.54 Å². The van der Waals surface area contributed by atoms with Gasteiger partial charge in [-0.2, -0.15) is 0 Å². The number of urea groups is 1. The number of nitrogens with zero attached hydrogens (tertiary/aromatic N) is 1. The average molecular weight is 313 g/mol. The maximum Gasteiger partial charge on any atom is 0.321 e. The second-order valence-corrected chi connectivity index (χ2v) is 5.24. The van der Waals surface area contributed by atoms with E-state index in [0.29, 0.717) is 21.7 Å². The number of anilines is 2. The lowest BCUT2D eigenvalue weighted by Crippen LogP contribution is -2.28. The normalized spacial score (nSPS) is 10.1. The smallest absolute Gasteiger partial charge is 0.321 e. The van der Waals surface area contributed by atoms with Crippen molar-refractivity contribution in [1.29, 1.82) is 0 Å². The van der Waals surface area contributed by atoms with E-state index in [1.165, 1.54) is 18.4 Å². The van der Waals surface area contributed by atoms with Crippen LogP contribution in [0.15, 0.2) is 30.5 Å². The van der Waals surface area contributed by atoms with Gasteiger partial charge in [0.1, 0.15) is 5.00 Å². The third-order valence-corrected chi connectivity index (χ3v) is 3.36. The van der Waals surface area contributed by atoms with E-state index in [2.05, 4.69) is 21.1 Å². The third-order valence-electron chi connectivity index (χ3n) is 2.30. The van der Waals surface area contributed by atoms with Gasteiger partial charge in [0, 0.05) is 11.6 Å². The fourth-order valence-electron chi connectivity index (χ4n) is 1.41. The van der Waals surface area contributed by atoms with Crippen LogP contribution in [-0.4, -0.2) is 18.1 Å². The molecule has 0 radical (unpaired) electrons. The van der Waals surface area contributed by atoms with Crippen molar-refractivity contribution in [1.82, 2.24) is 10.3 Å². The van der Waals surface area contributed by atoms with Gasteiger partial charge in [-0.15, -0.1) is 0 Å². The number of thiazole rings is 1. The monoisotopic (exact) mass is 312 g/mol. The molecule has 1 aromatic carbocycles. The molecule has 6 nitrogen and oxygen atoms in total. The van der Waals surface area contributed by atoms with Gasteiger partial charge in [-0.3, -0.25) is 15.6 Å². The van der Waals surface area contributed by atoms with Crippen molar-refractivity contribution in [2.75, 3.05) is 17.9 Å². The zero-order chi connectivity index (χ0) is 14.4. The van der Waals surface area contributed by atoms with Gasteiger partial charge in [0.2, 0.25) is 0 Å². The molecule has 0 aliphatic carbocycles. The lowest BCUT2D eigenvalue weighted by atomic mass is 10.2. The molecule has 0 atom stereocenters. The summed E-state index contributed by atoms with van der Waals surface area (Å²) in [4.78, 5) is 20.5. The van der Waals surface area contributed by atoms with Gasteiger partial charge >= 0.3 is 6.03 Å². The topological polar surface area (TPSA) is 75.3 Å². The molecule has 0 fully saturated rings. The fraction of sp³-hybridized carbons (Fsp3) is 0.167. The van der Waals surface area contributed by atoms with Crippen LogP contribution in [0.4, 0.5) is 14.9 Å². The Morgan fingerprint density at radius 2 is 2.15 bits per heavy atom. The second-order valence-electron chi connectivity index (χ2n) is 3.77. The summed E-state index contributed by atoms with van der Waals surface area (Å²) in [5.74, 6) is 0. The number of amides is 2. The van der Waals surface area contributed by atoms with E-state index in [4.69, 9.17) is 16.4 Å². The van der Waals surface area contributed by atoms with Gasteiger partial charge in [0.25, 0.3) is 0 Å². The molecule has 1 aromatic heterocycles. The van der Waals surface area contributed by atoms with E-state index in [1.54, 1.807) is 18.3 Å². The van der Waals surface area contributed by atoms with Crippen molar-refractivity contribution in [2.24, 2.45) is 0 Å². The van der Waals surface area contributed by atoms with E-state index in [9.17, 15) is 4.79 Å². The predicted octanol–water partition coefficient (Wildman–Crippen LogP) is 3.09. The Hall–Kier alpha value is -1.83. The van der Waals surface area contributed by atoms with Crippen LogP contribution < -0.4 is 16.1 Å². The fourth-order valence-corrected chi connectivity index (χ4v) is 2.22. The van der Waals surface area contributed by atoms with E-state index in [1.807, 2.05) is 12.1 Å². The summed E-state index contributed by atoms with van der Waals surface area (Å²) in [7, 11) is 1.51. The highest BCUT2D eigenvalue weighted by molar-refractivity contribution is 7.19. The maximum atomic E-state index is 11.7. The molecule has 0 unspecified atom stereocenters. The van der Waals surface area contributed by atoms with Crippen molar-refractivity contribution in [3.63, 3.8) is 0 Å². The number of hydrogen-bond donors (Lipinski definition) is 3. The Kier molecular flexibility index (Phi) is 5.16. The number of rotatable bonds is 5. The van der Waals surface area contributed by atoms with E-state index >= 15 is 0 Å². The molecule has 2 amide bonds. The molecule has 0 aliphatic rings. The lowest BCUT2D eigenvalue weighted by Gasteiger charge is -2.05. The van der Waals surface area contributed by atoms with Crippen LogP contribution in [0.2, 0.25) is 5.02 Å². The molecule has 1 heterocycles. The molecule has 2 aromatic rings. The Labute approximate surface area is 125 Å². The summed E-state index contributed by atoms with van der Waals surface area (Å²) in [6.45, 7) is 0.414. The van der Waals surface area contributed by atoms with Crippen LogP contribution in [0.5, 0.6) is 0 Å². The number of carbonyl (C=O) groups excluding carboxylic acids is 1. The molecule has 0 bridgehead atoms. The highest BCUT2D eigenvalue weighted by atomic mass is 35.5. The number of carbonyl (C=O) groups is 1. The number of nitrogens with one attached hydrogen (secondary N) is 3. The predicted molar refractivity (Wildman–Crippen MR) is 80.1 cm³/mol. The van der Waals surface area contributed by atoms with Crippen LogP contribution >= 0.6 is 22.9 Å². The summed E-state index contributed by atoms with van der Waals surface area (Å²) in [6, 6.07) is 6.94. The van der Waals surface area contributed by atoms with Crippen molar-refractivity contribution < 1.29 is 9.63 Å². The SMILES string of the molecule is CONc1cnc(NC(=O)NCc2ccc(Cl)cc2)s1. The molecule has 0 aliphatic heterocycles. The Balaban J connectivity index is 1.81. The third kappa shape index (κ3) is 4.37. The second kappa shape index (κ2) is 7.09. The van der Waals surface area contributed by atoms with Crippen LogP contribution in [-0.2, 0) is 11.4 Å². The van der Waals surface area contributed by atoms with Crippen molar-refractivity contribution in [3.8, 4) is 0 Å². The quantitative estimate of drug-likeness (QED) is 0.742. The number of benzene rings is 1. The molecule has 2 rings (SSSR count). The first kappa shape index (κ1) is 14.6. The Morgan fingerprint density at radius 1 is 1.40 bits per heavy atom. The van der Waals surface area contributed by atoms with Gasteiger partial charge in [0.15, 0.2) is 5.13 Å². The summed E-state index contributed by atoms with van der Waals surface area (Å²) < 4.78 is 0. The van der Waals surface area contributed by atoms with Gasteiger partial charge in [-0.25, -0.2) is 9.78 Å². The molecule has 0 saturated heterocycles. The maximum absolute atomic E-state index is 11.7. The van der Waals surface area contributed by atoms with Gasteiger partial charge in [-0.05, 0) is 17.7 Å². The molecular weight excluding hydrogens is 300 g/mol. The van der Waals surface area contributed by atoms with Crippen molar-refractivity contribution >= 4 is 39.1 Å². The number of hydrogen-bond acceptors (Lipinski definition) is 5. The standard InChI is InChI=1S/C12H13ClN4O2S/c1-19-17-10-7-15-12(20-10)16-11(18)14-6-8-2-4-9(13)5-3-8/h2-5,7,17H,6H2,1H3,(H2,14,15,16,18). The van der Waals surface area contributed by atoms with Gasteiger partial charge < -0.3 is 5.32 Å². The lowest BCUT2D eigenvalue weighted by molar-refractivity contribution is 0.251. The highest BCUT2D eigenvalue weighted by Gasteiger charge is 2.06. The molecule has 0 spiro atoms. The summed E-state index contributed by atoms with van der Waals surface area (Å²) in [5, 5.41) is 7.23. The largest absolute Gasteiger partial charge is 0.334 e. The average Bonchev–Trinajstić information content (AvgIpc) is 2.86. The van der Waals surface area contributed by atoms with Crippen LogP contribution in [0.1, 0.15) is 5.56 Å². The molecule has 0 saturated carbocycles. The Morgan fingerprint density at radius 3 is 2.85 bits per heavy atom. The first-order valence-corrected chi connectivity index (χ1v) is 6.91. The van der Waals surface area contributed by atoms with Gasteiger partial charge in [0.05, 0.1) is 13.3 Å². The zero-order valence-electron chi connectivity index (χ0n) is 10.6. The van der Waals surface area contributed by atoms with Crippen LogP contribution in [0.3, 0.4) is 0 Å². The van der Waals surface area contributed by atoms with Crippen LogP contribution in [0.25, 0.3) is 0 Å². The van der Waals surface area contributed by atoms with Crippen molar-refractivity contribution in [3.05, 3.63) is 41.0 Å². The van der Waals surface area contributed by atoms with E-state index in [-0.39, 0.29) is 6.03 Å². The van der Waals surface area contributed by atoms with Gasteiger partial charge in [-0.1, -0.05) is 35.1 Å². The van der Waals surface area contributed by atoms with E-state index in [0.717, 1.165) is 5.56 Å². The Bertz CT molecular complexity index is 573. The molecule has 8 heteroatoms. The minimum atomic E-state index is -0.321. The molecule has 20 heavy (non-hydrogen) atoms. The first-order chi connectivity index (χ1) is 9.67. The summed E-state index contributed by atoms with van der Waals surface area (Å²) >= 11 is 7.06.